The van der Waals surface area contributed by atoms with Crippen LogP contribution in [-0.2, 0) is 0 Å². The van der Waals surface area contributed by atoms with Crippen LogP contribution in [0.4, 0.5) is 11.5 Å². The van der Waals surface area contributed by atoms with E-state index in [4.69, 9.17) is 23.2 Å². The van der Waals surface area contributed by atoms with Gasteiger partial charge in [0.15, 0.2) is 11.6 Å². The average molecular weight is 255 g/mol. The van der Waals surface area contributed by atoms with Crippen LogP contribution in [0.3, 0.4) is 0 Å². The van der Waals surface area contributed by atoms with Crippen LogP contribution < -0.4 is 5.32 Å². The Labute approximate surface area is 103 Å². The minimum absolute atomic E-state index is 0.00227. The number of halogens is 2. The van der Waals surface area contributed by atoms with E-state index in [1.54, 1.807) is 24.3 Å². The van der Waals surface area contributed by atoms with Gasteiger partial charge in [0.05, 0.1) is 5.02 Å². The molecule has 2 N–H and O–H groups in total. The highest BCUT2D eigenvalue weighted by Gasteiger charge is 2.03. The lowest BCUT2D eigenvalue weighted by Crippen LogP contribution is -1.93. The lowest BCUT2D eigenvalue weighted by molar-refractivity contribution is 0.475. The molecule has 0 atom stereocenters. The first kappa shape index (κ1) is 11.0. The van der Waals surface area contributed by atoms with E-state index in [2.05, 4.69) is 10.3 Å². The summed E-state index contributed by atoms with van der Waals surface area (Å²) < 4.78 is 0. The Hall–Kier alpha value is -1.45. The zero-order valence-corrected chi connectivity index (χ0v) is 9.63. The van der Waals surface area contributed by atoms with Crippen molar-refractivity contribution in [3.05, 3.63) is 46.6 Å². The molecular formula is C11H8Cl2N2O. The Bertz CT molecular complexity index is 500. The number of aromatic nitrogens is 1. The maximum atomic E-state index is 9.57. The summed E-state index contributed by atoms with van der Waals surface area (Å²) in [5.41, 5.74) is 0.787. The van der Waals surface area contributed by atoms with Gasteiger partial charge in [-0.2, -0.15) is 0 Å². The Balaban J connectivity index is 2.23. The highest BCUT2D eigenvalue weighted by molar-refractivity contribution is 6.31. The SMILES string of the molecule is Oc1cc(Cl)cnc1Nc1ccc(Cl)cc1. The van der Waals surface area contributed by atoms with Crippen molar-refractivity contribution in [1.29, 1.82) is 0 Å². The van der Waals surface area contributed by atoms with Crippen LogP contribution in [0.5, 0.6) is 5.75 Å². The van der Waals surface area contributed by atoms with Gasteiger partial charge in [-0.15, -0.1) is 0 Å². The van der Waals surface area contributed by atoms with E-state index < -0.39 is 0 Å². The molecule has 0 spiro atoms. The molecule has 5 heteroatoms. The van der Waals surface area contributed by atoms with Crippen LogP contribution >= 0.6 is 23.2 Å². The van der Waals surface area contributed by atoms with Crippen LogP contribution in [0.2, 0.25) is 10.0 Å². The van der Waals surface area contributed by atoms with Gasteiger partial charge in [0, 0.05) is 23.0 Å². The molecule has 0 unspecified atom stereocenters. The summed E-state index contributed by atoms with van der Waals surface area (Å²) in [6.07, 6.45) is 1.46. The Morgan fingerprint density at radius 2 is 1.75 bits per heavy atom. The molecule has 0 aliphatic rings. The summed E-state index contributed by atoms with van der Waals surface area (Å²) in [6.45, 7) is 0. The monoisotopic (exact) mass is 254 g/mol. The predicted molar refractivity (Wildman–Crippen MR) is 65.6 cm³/mol. The third-order valence-electron chi connectivity index (χ3n) is 1.94. The molecule has 0 saturated carbocycles. The highest BCUT2D eigenvalue weighted by atomic mass is 35.5. The van der Waals surface area contributed by atoms with Crippen molar-refractivity contribution >= 4 is 34.7 Å². The molecule has 1 aromatic heterocycles. The topological polar surface area (TPSA) is 45.2 Å². The second-order valence-electron chi connectivity index (χ2n) is 3.15. The summed E-state index contributed by atoms with van der Waals surface area (Å²) in [5, 5.41) is 13.6. The maximum Gasteiger partial charge on any atom is 0.173 e. The second kappa shape index (κ2) is 4.60. The fraction of sp³-hybridized carbons (Fsp3) is 0. The molecule has 1 aromatic carbocycles. The fourth-order valence-corrected chi connectivity index (χ4v) is 1.47. The van der Waals surface area contributed by atoms with Crippen molar-refractivity contribution in [2.75, 3.05) is 5.32 Å². The molecular weight excluding hydrogens is 247 g/mol. The fourth-order valence-electron chi connectivity index (χ4n) is 1.19. The van der Waals surface area contributed by atoms with Gasteiger partial charge >= 0.3 is 0 Å². The third-order valence-corrected chi connectivity index (χ3v) is 2.40. The van der Waals surface area contributed by atoms with Crippen LogP contribution in [0.1, 0.15) is 0 Å². The molecule has 16 heavy (non-hydrogen) atoms. The van der Waals surface area contributed by atoms with E-state index in [1.807, 2.05) is 0 Å². The molecule has 0 radical (unpaired) electrons. The van der Waals surface area contributed by atoms with Crippen LogP contribution in [0.15, 0.2) is 36.5 Å². The van der Waals surface area contributed by atoms with Crippen LogP contribution in [-0.4, -0.2) is 10.1 Å². The minimum Gasteiger partial charge on any atom is -0.504 e. The normalized spacial score (nSPS) is 10.1. The lowest BCUT2D eigenvalue weighted by Gasteiger charge is -2.07. The van der Waals surface area contributed by atoms with Gasteiger partial charge in [0.2, 0.25) is 0 Å². The van der Waals surface area contributed by atoms with Crippen molar-refractivity contribution in [3.8, 4) is 5.75 Å². The number of rotatable bonds is 2. The number of anilines is 2. The van der Waals surface area contributed by atoms with Crippen molar-refractivity contribution in [3.63, 3.8) is 0 Å². The molecule has 0 aliphatic heterocycles. The molecule has 0 amide bonds. The molecule has 2 rings (SSSR count). The van der Waals surface area contributed by atoms with Gasteiger partial charge in [0.1, 0.15) is 0 Å². The molecule has 1 heterocycles. The minimum atomic E-state index is 0.00227. The smallest absolute Gasteiger partial charge is 0.173 e. The predicted octanol–water partition coefficient (Wildman–Crippen LogP) is 3.84. The third kappa shape index (κ3) is 2.56. The first-order valence-corrected chi connectivity index (χ1v) is 5.28. The summed E-state index contributed by atoms with van der Waals surface area (Å²) in [4.78, 5) is 3.97. The molecule has 82 valence electrons. The molecule has 3 nitrogen and oxygen atoms in total. The molecule has 2 aromatic rings. The number of hydrogen-bond donors (Lipinski definition) is 2. The van der Waals surface area contributed by atoms with E-state index >= 15 is 0 Å². The number of aromatic hydroxyl groups is 1. The molecule has 0 bridgehead atoms. The number of benzene rings is 1. The van der Waals surface area contributed by atoms with Crippen LogP contribution in [0.25, 0.3) is 0 Å². The highest BCUT2D eigenvalue weighted by Crippen LogP contribution is 2.27. The number of hydrogen-bond acceptors (Lipinski definition) is 3. The van der Waals surface area contributed by atoms with Crippen molar-refractivity contribution < 1.29 is 5.11 Å². The summed E-state index contributed by atoms with van der Waals surface area (Å²) >= 11 is 11.4. The summed E-state index contributed by atoms with van der Waals surface area (Å²) in [7, 11) is 0. The van der Waals surface area contributed by atoms with E-state index in [1.165, 1.54) is 12.3 Å². The Morgan fingerprint density at radius 3 is 2.38 bits per heavy atom. The zero-order valence-electron chi connectivity index (χ0n) is 8.11. The molecule has 0 fully saturated rings. The summed E-state index contributed by atoms with van der Waals surface area (Å²) in [5.74, 6) is 0.356. The van der Waals surface area contributed by atoms with Gasteiger partial charge in [-0.3, -0.25) is 0 Å². The first-order valence-electron chi connectivity index (χ1n) is 4.52. The van der Waals surface area contributed by atoms with Gasteiger partial charge in [-0.05, 0) is 24.3 Å². The van der Waals surface area contributed by atoms with Crippen molar-refractivity contribution in [1.82, 2.24) is 4.98 Å². The maximum absolute atomic E-state index is 9.57. The van der Waals surface area contributed by atoms with E-state index in [-0.39, 0.29) is 5.75 Å². The van der Waals surface area contributed by atoms with E-state index in [9.17, 15) is 5.11 Å². The molecule has 0 aliphatic carbocycles. The standard InChI is InChI=1S/C11H8Cl2N2O/c12-7-1-3-9(4-2-7)15-11-10(16)5-8(13)6-14-11/h1-6,16H,(H,14,15). The zero-order chi connectivity index (χ0) is 11.5. The average Bonchev–Trinajstić information content (AvgIpc) is 2.25. The lowest BCUT2D eigenvalue weighted by atomic mass is 10.3. The first-order chi connectivity index (χ1) is 7.65. The largest absolute Gasteiger partial charge is 0.504 e. The summed E-state index contributed by atoms with van der Waals surface area (Å²) in [6, 6.07) is 8.50. The Kier molecular flexibility index (Phi) is 3.17. The quantitative estimate of drug-likeness (QED) is 0.856. The number of nitrogens with zero attached hydrogens (tertiary/aromatic N) is 1. The van der Waals surface area contributed by atoms with Gasteiger partial charge < -0.3 is 10.4 Å². The number of pyridine rings is 1. The van der Waals surface area contributed by atoms with Gasteiger partial charge in [-0.25, -0.2) is 4.98 Å². The van der Waals surface area contributed by atoms with Gasteiger partial charge in [0.25, 0.3) is 0 Å². The Morgan fingerprint density at radius 1 is 1.06 bits per heavy atom. The number of nitrogens with one attached hydrogen (secondary N) is 1. The van der Waals surface area contributed by atoms with Gasteiger partial charge in [-0.1, -0.05) is 23.2 Å². The second-order valence-corrected chi connectivity index (χ2v) is 4.03. The molecule has 0 saturated heterocycles. The van der Waals surface area contributed by atoms with E-state index in [0.717, 1.165) is 5.69 Å². The van der Waals surface area contributed by atoms with Crippen LogP contribution in [0, 0.1) is 0 Å². The van der Waals surface area contributed by atoms with E-state index in [0.29, 0.717) is 15.9 Å². The van der Waals surface area contributed by atoms with Crippen molar-refractivity contribution in [2.45, 2.75) is 0 Å². The van der Waals surface area contributed by atoms with Crippen molar-refractivity contribution in [2.24, 2.45) is 0 Å².